The Hall–Kier alpha value is -3.93. The summed E-state index contributed by atoms with van der Waals surface area (Å²) < 4.78 is 0. The minimum atomic E-state index is -1.20. The Morgan fingerprint density at radius 2 is 1.70 bits per heavy atom. The van der Waals surface area contributed by atoms with Crippen molar-refractivity contribution in [1.29, 1.82) is 0 Å². The second-order valence-electron chi connectivity index (χ2n) is 8.69. The van der Waals surface area contributed by atoms with Crippen LogP contribution in [-0.4, -0.2) is 47.3 Å². The molecule has 33 heavy (non-hydrogen) atoms. The van der Waals surface area contributed by atoms with Gasteiger partial charge in [0.25, 0.3) is 5.91 Å². The molecule has 0 bridgehead atoms. The van der Waals surface area contributed by atoms with Gasteiger partial charge in [0.05, 0.1) is 0 Å². The van der Waals surface area contributed by atoms with Crippen LogP contribution >= 0.6 is 0 Å². The highest BCUT2D eigenvalue weighted by molar-refractivity contribution is 6.09. The summed E-state index contributed by atoms with van der Waals surface area (Å²) in [5.41, 5.74) is 1.86. The van der Waals surface area contributed by atoms with Gasteiger partial charge >= 0.3 is 6.03 Å². The molecule has 0 spiro atoms. The number of carbonyl (C=O) groups excluding carboxylic acids is 3. The van der Waals surface area contributed by atoms with E-state index < -0.39 is 17.5 Å². The quantitative estimate of drug-likeness (QED) is 0.627. The van der Waals surface area contributed by atoms with Crippen LogP contribution in [0.2, 0.25) is 0 Å². The molecule has 2 heterocycles. The SMILES string of the molecule is C[C@]1(c2ccc3ccccc3c2)NC(=O)N(CC(=O)N2CC=C(c3ccccc3)CC2)C1=O. The van der Waals surface area contributed by atoms with Gasteiger partial charge in [-0.3, -0.25) is 14.5 Å². The van der Waals surface area contributed by atoms with Crippen LogP contribution in [-0.2, 0) is 15.1 Å². The van der Waals surface area contributed by atoms with Crippen molar-refractivity contribution >= 4 is 34.2 Å². The van der Waals surface area contributed by atoms with Gasteiger partial charge in [0.2, 0.25) is 5.91 Å². The van der Waals surface area contributed by atoms with Crippen molar-refractivity contribution in [2.24, 2.45) is 0 Å². The van der Waals surface area contributed by atoms with E-state index >= 15 is 0 Å². The third-order valence-corrected chi connectivity index (χ3v) is 6.60. The van der Waals surface area contributed by atoms with Gasteiger partial charge in [-0.05, 0) is 46.9 Å². The molecule has 2 aliphatic rings. The summed E-state index contributed by atoms with van der Waals surface area (Å²) in [5, 5.41) is 4.85. The summed E-state index contributed by atoms with van der Waals surface area (Å²) in [7, 11) is 0. The van der Waals surface area contributed by atoms with Crippen LogP contribution in [0, 0.1) is 0 Å². The molecule has 0 aliphatic carbocycles. The minimum absolute atomic E-state index is 0.232. The molecule has 2 aliphatic heterocycles. The first-order valence-corrected chi connectivity index (χ1v) is 11.1. The first-order valence-electron chi connectivity index (χ1n) is 11.1. The van der Waals surface area contributed by atoms with Gasteiger partial charge in [-0.2, -0.15) is 0 Å². The van der Waals surface area contributed by atoms with Gasteiger partial charge in [0, 0.05) is 13.1 Å². The van der Waals surface area contributed by atoms with Gasteiger partial charge in [-0.1, -0.05) is 72.8 Å². The average molecular weight is 440 g/mol. The number of rotatable bonds is 4. The van der Waals surface area contributed by atoms with Crippen LogP contribution in [0.3, 0.4) is 0 Å². The number of fused-ring (bicyclic) bond motifs is 1. The minimum Gasteiger partial charge on any atom is -0.337 e. The molecule has 3 aromatic carbocycles. The van der Waals surface area contributed by atoms with Crippen LogP contribution in [0.25, 0.3) is 16.3 Å². The molecule has 5 rings (SSSR count). The number of nitrogens with one attached hydrogen (secondary N) is 1. The van der Waals surface area contributed by atoms with Crippen molar-refractivity contribution in [2.45, 2.75) is 18.9 Å². The highest BCUT2D eigenvalue weighted by atomic mass is 16.2. The topological polar surface area (TPSA) is 69.7 Å². The standard InChI is InChI=1S/C27H25N3O3/c1-27(23-12-11-20-9-5-6-10-22(20)17-23)25(32)30(26(33)28-27)18-24(31)29-15-13-21(14-16-29)19-7-3-2-4-8-19/h2-13,17H,14-16,18H2,1H3,(H,28,33)/t27-/m1/s1. The van der Waals surface area contributed by atoms with Crippen molar-refractivity contribution in [3.8, 4) is 0 Å². The van der Waals surface area contributed by atoms with Crippen LogP contribution in [0.15, 0.2) is 78.9 Å². The van der Waals surface area contributed by atoms with Gasteiger partial charge in [0.15, 0.2) is 0 Å². The summed E-state index contributed by atoms with van der Waals surface area (Å²) in [6.07, 6.45) is 2.78. The molecule has 1 fully saturated rings. The van der Waals surface area contributed by atoms with Crippen molar-refractivity contribution in [3.63, 3.8) is 0 Å². The Kier molecular flexibility index (Phi) is 5.21. The molecule has 6 nitrogen and oxygen atoms in total. The van der Waals surface area contributed by atoms with E-state index in [-0.39, 0.29) is 12.5 Å². The van der Waals surface area contributed by atoms with Crippen LogP contribution < -0.4 is 5.32 Å². The van der Waals surface area contributed by atoms with Crippen LogP contribution in [0.5, 0.6) is 0 Å². The zero-order valence-corrected chi connectivity index (χ0v) is 18.5. The molecule has 0 unspecified atom stereocenters. The molecule has 6 heteroatoms. The molecule has 166 valence electrons. The van der Waals surface area contributed by atoms with E-state index in [1.807, 2.05) is 66.7 Å². The fraction of sp³-hybridized carbons (Fsp3) is 0.222. The Labute approximate surface area is 192 Å². The highest BCUT2D eigenvalue weighted by Gasteiger charge is 2.49. The van der Waals surface area contributed by atoms with E-state index in [1.165, 1.54) is 5.57 Å². The maximum atomic E-state index is 13.3. The lowest BCUT2D eigenvalue weighted by molar-refractivity contribution is -0.138. The second-order valence-corrected chi connectivity index (χ2v) is 8.69. The average Bonchev–Trinajstić information content (AvgIpc) is 3.08. The van der Waals surface area contributed by atoms with E-state index in [2.05, 4.69) is 17.4 Å². The summed E-state index contributed by atoms with van der Waals surface area (Å²) in [6, 6.07) is 23.1. The van der Waals surface area contributed by atoms with Crippen molar-refractivity contribution in [2.75, 3.05) is 19.6 Å². The fourth-order valence-corrected chi connectivity index (χ4v) is 4.58. The molecule has 1 N–H and O–H groups in total. The Morgan fingerprint density at radius 3 is 2.42 bits per heavy atom. The summed E-state index contributed by atoms with van der Waals surface area (Å²) in [6.45, 7) is 2.46. The van der Waals surface area contributed by atoms with Crippen molar-refractivity contribution in [1.82, 2.24) is 15.1 Å². The zero-order chi connectivity index (χ0) is 23.0. The Morgan fingerprint density at radius 1 is 0.970 bits per heavy atom. The van der Waals surface area contributed by atoms with Crippen molar-refractivity contribution in [3.05, 3.63) is 90.0 Å². The lowest BCUT2D eigenvalue weighted by Gasteiger charge is -2.28. The smallest absolute Gasteiger partial charge is 0.325 e. The molecular formula is C27H25N3O3. The Bertz CT molecular complexity index is 1280. The van der Waals surface area contributed by atoms with Gasteiger partial charge < -0.3 is 10.2 Å². The maximum absolute atomic E-state index is 13.3. The van der Waals surface area contributed by atoms with E-state index in [9.17, 15) is 14.4 Å². The number of benzene rings is 3. The predicted octanol–water partition coefficient (Wildman–Crippen LogP) is 3.92. The number of amides is 4. The lowest BCUT2D eigenvalue weighted by atomic mass is 9.90. The number of hydrogen-bond donors (Lipinski definition) is 1. The molecule has 0 aromatic heterocycles. The van der Waals surface area contributed by atoms with Gasteiger partial charge in [-0.15, -0.1) is 0 Å². The largest absolute Gasteiger partial charge is 0.337 e. The normalized spacial score (nSPS) is 20.7. The van der Waals surface area contributed by atoms with Crippen LogP contribution in [0.4, 0.5) is 4.79 Å². The monoisotopic (exact) mass is 439 g/mol. The first kappa shape index (κ1) is 20.9. The van der Waals surface area contributed by atoms with Gasteiger partial charge in [-0.25, -0.2) is 4.79 Å². The summed E-state index contributed by atoms with van der Waals surface area (Å²) >= 11 is 0. The predicted molar refractivity (Wildman–Crippen MR) is 127 cm³/mol. The maximum Gasteiger partial charge on any atom is 0.325 e. The number of carbonyl (C=O) groups is 3. The fourth-order valence-electron chi connectivity index (χ4n) is 4.58. The third-order valence-electron chi connectivity index (χ3n) is 6.60. The van der Waals surface area contributed by atoms with E-state index in [0.29, 0.717) is 18.7 Å². The molecule has 4 amide bonds. The van der Waals surface area contributed by atoms with E-state index in [0.717, 1.165) is 27.7 Å². The lowest BCUT2D eigenvalue weighted by Crippen LogP contribution is -2.45. The van der Waals surface area contributed by atoms with Gasteiger partial charge in [0.1, 0.15) is 12.1 Å². The molecule has 3 aromatic rings. The molecular weight excluding hydrogens is 414 g/mol. The summed E-state index contributed by atoms with van der Waals surface area (Å²) in [4.78, 5) is 41.7. The second kappa shape index (κ2) is 8.20. The van der Waals surface area contributed by atoms with Crippen LogP contribution in [0.1, 0.15) is 24.5 Å². The molecule has 0 saturated carbocycles. The number of hydrogen-bond acceptors (Lipinski definition) is 3. The molecule has 0 radical (unpaired) electrons. The van der Waals surface area contributed by atoms with E-state index in [1.54, 1.807) is 11.8 Å². The third kappa shape index (κ3) is 3.78. The molecule has 1 saturated heterocycles. The zero-order valence-electron chi connectivity index (χ0n) is 18.5. The Balaban J connectivity index is 1.30. The summed E-state index contributed by atoms with van der Waals surface area (Å²) in [5.74, 6) is -0.640. The van der Waals surface area contributed by atoms with Crippen molar-refractivity contribution < 1.29 is 14.4 Å². The first-order chi connectivity index (χ1) is 16.0. The highest BCUT2D eigenvalue weighted by Crippen LogP contribution is 2.31. The number of nitrogens with zero attached hydrogens (tertiary/aromatic N) is 2. The van der Waals surface area contributed by atoms with E-state index in [4.69, 9.17) is 0 Å². The number of urea groups is 1. The molecule has 1 atom stereocenters. The number of imide groups is 1.